The minimum atomic E-state index is -0.381. The Labute approximate surface area is 157 Å². The first-order valence-electron chi connectivity index (χ1n) is 9.06. The lowest BCUT2D eigenvalue weighted by Gasteiger charge is -2.34. The maximum absolute atomic E-state index is 13.3. The van der Waals surface area contributed by atoms with Crippen LogP contribution in [0, 0.1) is 5.82 Å². The number of carbonyl (C=O) groups is 1. The summed E-state index contributed by atoms with van der Waals surface area (Å²) in [6, 6.07) is 17.9. The summed E-state index contributed by atoms with van der Waals surface area (Å²) in [5.74, 6) is -0.490. The van der Waals surface area contributed by atoms with Gasteiger partial charge in [0.05, 0.1) is 11.4 Å². The second kappa shape index (κ2) is 7.72. The number of piperazine rings is 1. The van der Waals surface area contributed by atoms with Gasteiger partial charge in [-0.3, -0.25) is 9.69 Å². The molecule has 0 N–H and O–H groups in total. The van der Waals surface area contributed by atoms with Crippen molar-refractivity contribution < 1.29 is 9.18 Å². The van der Waals surface area contributed by atoms with Gasteiger partial charge in [-0.2, -0.15) is 5.10 Å². The molecule has 1 aromatic heterocycles. The van der Waals surface area contributed by atoms with Gasteiger partial charge in [0.15, 0.2) is 0 Å². The molecule has 0 aliphatic carbocycles. The van der Waals surface area contributed by atoms with Crippen molar-refractivity contribution in [3.05, 3.63) is 83.9 Å². The van der Waals surface area contributed by atoms with Crippen LogP contribution in [0.3, 0.4) is 0 Å². The zero-order valence-electron chi connectivity index (χ0n) is 15.0. The van der Waals surface area contributed by atoms with Gasteiger partial charge in [-0.15, -0.1) is 0 Å². The maximum Gasteiger partial charge on any atom is 0.254 e. The molecule has 5 nitrogen and oxygen atoms in total. The summed E-state index contributed by atoms with van der Waals surface area (Å²) in [7, 11) is 0. The van der Waals surface area contributed by atoms with Gasteiger partial charge in [-0.1, -0.05) is 24.3 Å². The molecule has 138 valence electrons. The van der Waals surface area contributed by atoms with Crippen molar-refractivity contribution in [2.75, 3.05) is 26.2 Å². The second-order valence-corrected chi connectivity index (χ2v) is 6.67. The van der Waals surface area contributed by atoms with Crippen LogP contribution >= 0.6 is 0 Å². The van der Waals surface area contributed by atoms with Gasteiger partial charge in [0, 0.05) is 44.5 Å². The number of benzene rings is 2. The van der Waals surface area contributed by atoms with Crippen molar-refractivity contribution >= 4 is 5.91 Å². The van der Waals surface area contributed by atoms with Crippen LogP contribution in [0.4, 0.5) is 4.39 Å². The van der Waals surface area contributed by atoms with Gasteiger partial charge in [0.1, 0.15) is 5.82 Å². The van der Waals surface area contributed by atoms with Crippen LogP contribution in [0.15, 0.2) is 66.9 Å². The number of carbonyl (C=O) groups excluding carboxylic acids is 1. The highest BCUT2D eigenvalue weighted by Gasteiger charge is 2.22. The van der Waals surface area contributed by atoms with Crippen molar-refractivity contribution in [1.82, 2.24) is 19.6 Å². The van der Waals surface area contributed by atoms with E-state index in [-0.39, 0.29) is 11.7 Å². The minimum absolute atomic E-state index is 0.109. The third-order valence-corrected chi connectivity index (χ3v) is 4.78. The molecule has 3 aromatic rings. The summed E-state index contributed by atoms with van der Waals surface area (Å²) in [5, 5.41) is 4.64. The number of amides is 1. The summed E-state index contributed by atoms with van der Waals surface area (Å²) >= 11 is 0. The molecule has 6 heteroatoms. The van der Waals surface area contributed by atoms with Crippen molar-refractivity contribution in [2.45, 2.75) is 6.54 Å². The van der Waals surface area contributed by atoms with Gasteiger partial charge in [0.2, 0.25) is 0 Å². The first kappa shape index (κ1) is 17.4. The monoisotopic (exact) mass is 364 g/mol. The molecule has 1 fully saturated rings. The largest absolute Gasteiger partial charge is 0.336 e. The molecule has 1 aliphatic heterocycles. The smallest absolute Gasteiger partial charge is 0.254 e. The lowest BCUT2D eigenvalue weighted by Crippen LogP contribution is -2.48. The van der Waals surface area contributed by atoms with E-state index in [2.05, 4.69) is 10.00 Å². The van der Waals surface area contributed by atoms with E-state index in [9.17, 15) is 9.18 Å². The average molecular weight is 364 g/mol. The van der Waals surface area contributed by atoms with Crippen molar-refractivity contribution in [3.63, 3.8) is 0 Å². The standard InChI is InChI=1S/C21H21FN4O/c22-18-6-4-5-17(15-18)21(27)25-13-11-24(12-14-25)16-19-9-10-26(23-19)20-7-2-1-3-8-20/h1-10,15H,11-14,16H2. The second-order valence-electron chi connectivity index (χ2n) is 6.67. The molecule has 2 heterocycles. The normalized spacial score (nSPS) is 15.1. The number of aromatic nitrogens is 2. The van der Waals surface area contributed by atoms with Gasteiger partial charge >= 0.3 is 0 Å². The van der Waals surface area contributed by atoms with Crippen LogP contribution in [-0.4, -0.2) is 51.7 Å². The zero-order chi connectivity index (χ0) is 18.6. The van der Waals surface area contributed by atoms with Gasteiger partial charge in [0.25, 0.3) is 5.91 Å². The number of nitrogens with zero attached hydrogens (tertiary/aromatic N) is 4. The first-order chi connectivity index (χ1) is 13.2. The van der Waals surface area contributed by atoms with Crippen LogP contribution in [0.5, 0.6) is 0 Å². The SMILES string of the molecule is O=C(c1cccc(F)c1)N1CCN(Cc2ccn(-c3ccccc3)n2)CC1. The van der Waals surface area contributed by atoms with Crippen LogP contribution < -0.4 is 0 Å². The van der Waals surface area contributed by atoms with Crippen LogP contribution in [0.2, 0.25) is 0 Å². The molecule has 0 saturated carbocycles. The fraction of sp³-hybridized carbons (Fsp3) is 0.238. The van der Waals surface area contributed by atoms with E-state index in [4.69, 9.17) is 0 Å². The number of para-hydroxylation sites is 1. The van der Waals surface area contributed by atoms with Crippen LogP contribution in [-0.2, 0) is 6.54 Å². The molecule has 0 spiro atoms. The van der Waals surface area contributed by atoms with Crippen LogP contribution in [0.1, 0.15) is 16.1 Å². The number of halogens is 1. The third-order valence-electron chi connectivity index (χ3n) is 4.78. The highest BCUT2D eigenvalue weighted by atomic mass is 19.1. The Balaban J connectivity index is 1.33. The lowest BCUT2D eigenvalue weighted by molar-refractivity contribution is 0.0626. The molecular formula is C21H21FN4O. The quantitative estimate of drug-likeness (QED) is 0.715. The zero-order valence-corrected chi connectivity index (χ0v) is 15.0. The molecule has 1 aliphatic rings. The molecule has 1 amide bonds. The molecule has 27 heavy (non-hydrogen) atoms. The summed E-state index contributed by atoms with van der Waals surface area (Å²) in [6.45, 7) is 3.57. The molecule has 2 aromatic carbocycles. The van der Waals surface area contributed by atoms with Gasteiger partial charge in [-0.05, 0) is 36.4 Å². The fourth-order valence-corrected chi connectivity index (χ4v) is 3.31. The summed E-state index contributed by atoms with van der Waals surface area (Å²) in [6.07, 6.45) is 1.97. The van der Waals surface area contributed by atoms with E-state index in [1.54, 1.807) is 17.0 Å². The summed E-state index contributed by atoms with van der Waals surface area (Å²) < 4.78 is 15.2. The molecule has 0 unspecified atom stereocenters. The van der Waals surface area contributed by atoms with E-state index in [0.717, 1.165) is 31.0 Å². The molecule has 4 rings (SSSR count). The van der Waals surface area contributed by atoms with E-state index in [0.29, 0.717) is 18.7 Å². The highest BCUT2D eigenvalue weighted by Crippen LogP contribution is 2.13. The topological polar surface area (TPSA) is 41.4 Å². The Morgan fingerprint density at radius 3 is 2.48 bits per heavy atom. The first-order valence-corrected chi connectivity index (χ1v) is 9.06. The Kier molecular flexibility index (Phi) is 4.98. The van der Waals surface area contributed by atoms with E-state index in [1.807, 2.05) is 47.3 Å². The van der Waals surface area contributed by atoms with Crippen molar-refractivity contribution in [3.8, 4) is 5.69 Å². The number of hydrogen-bond donors (Lipinski definition) is 0. The third kappa shape index (κ3) is 4.06. The predicted octanol–water partition coefficient (Wildman–Crippen LogP) is 2.97. The van der Waals surface area contributed by atoms with Crippen molar-refractivity contribution in [1.29, 1.82) is 0 Å². The van der Waals surface area contributed by atoms with Gasteiger partial charge in [-0.25, -0.2) is 9.07 Å². The lowest BCUT2D eigenvalue weighted by atomic mass is 10.1. The van der Waals surface area contributed by atoms with Crippen LogP contribution in [0.25, 0.3) is 5.69 Å². The summed E-state index contributed by atoms with van der Waals surface area (Å²) in [4.78, 5) is 16.6. The van der Waals surface area contributed by atoms with Crippen molar-refractivity contribution in [2.24, 2.45) is 0 Å². The Bertz CT molecular complexity index is 917. The molecule has 0 radical (unpaired) electrons. The Morgan fingerprint density at radius 1 is 0.963 bits per heavy atom. The maximum atomic E-state index is 13.3. The average Bonchev–Trinajstić information content (AvgIpc) is 3.17. The number of rotatable bonds is 4. The Morgan fingerprint density at radius 2 is 1.74 bits per heavy atom. The van der Waals surface area contributed by atoms with E-state index in [1.165, 1.54) is 12.1 Å². The minimum Gasteiger partial charge on any atom is -0.336 e. The molecule has 0 atom stereocenters. The molecular weight excluding hydrogens is 343 g/mol. The summed E-state index contributed by atoms with van der Waals surface area (Å²) in [5.41, 5.74) is 2.45. The predicted molar refractivity (Wildman–Crippen MR) is 101 cm³/mol. The van der Waals surface area contributed by atoms with E-state index < -0.39 is 0 Å². The number of hydrogen-bond acceptors (Lipinski definition) is 3. The Hall–Kier alpha value is -2.99. The van der Waals surface area contributed by atoms with E-state index >= 15 is 0 Å². The molecule has 0 bridgehead atoms. The fourth-order valence-electron chi connectivity index (χ4n) is 3.31. The highest BCUT2D eigenvalue weighted by molar-refractivity contribution is 5.94. The molecule has 1 saturated heterocycles. The van der Waals surface area contributed by atoms with Gasteiger partial charge < -0.3 is 4.90 Å².